The minimum atomic E-state index is -4.45. The van der Waals surface area contributed by atoms with Gasteiger partial charge >= 0.3 is 6.18 Å². The predicted octanol–water partition coefficient (Wildman–Crippen LogP) is 4.01. The molecule has 1 aromatic heterocycles. The molecule has 2 rings (SSSR count). The van der Waals surface area contributed by atoms with Gasteiger partial charge in [-0.15, -0.1) is 0 Å². The molecule has 1 saturated heterocycles. The summed E-state index contributed by atoms with van der Waals surface area (Å²) in [6.45, 7) is 7.71. The number of hydrogen-bond donors (Lipinski definition) is 1. The number of carbonyl (C=O) groups excluding carboxylic acids is 2. The Hall–Kier alpha value is -2.14. The molecule has 1 unspecified atom stereocenters. The van der Waals surface area contributed by atoms with Gasteiger partial charge in [-0.25, -0.2) is 0 Å². The first kappa shape index (κ1) is 26.1. The number of aromatic nitrogens is 1. The van der Waals surface area contributed by atoms with Crippen molar-refractivity contribution in [2.24, 2.45) is 0 Å². The van der Waals surface area contributed by atoms with Gasteiger partial charge in [0.05, 0.1) is 18.7 Å². The molecule has 1 fully saturated rings. The normalized spacial score (nSPS) is 17.8. The zero-order chi connectivity index (χ0) is 24.2. The molecule has 0 radical (unpaired) electrons. The van der Waals surface area contributed by atoms with E-state index in [9.17, 15) is 22.8 Å². The monoisotopic (exact) mass is 463 g/mol. The number of amides is 2. The van der Waals surface area contributed by atoms with Crippen LogP contribution in [-0.4, -0.2) is 60.1 Å². The van der Waals surface area contributed by atoms with Crippen LogP contribution in [0.5, 0.6) is 0 Å². The van der Waals surface area contributed by atoms with Gasteiger partial charge in [0.25, 0.3) is 5.91 Å². The Morgan fingerprint density at radius 2 is 1.94 bits per heavy atom. The van der Waals surface area contributed by atoms with E-state index >= 15 is 0 Å². The third-order valence-corrected chi connectivity index (χ3v) is 5.60. The number of anilines is 1. The van der Waals surface area contributed by atoms with Gasteiger partial charge in [-0.05, 0) is 33.1 Å². The number of nitrogens with one attached hydrogen (secondary N) is 1. The van der Waals surface area contributed by atoms with E-state index in [1.807, 2.05) is 13.8 Å². The highest BCUT2D eigenvalue weighted by molar-refractivity contribution is 5.99. The van der Waals surface area contributed by atoms with Crippen molar-refractivity contribution in [2.45, 2.75) is 83.2 Å². The number of halogens is 3. The maximum Gasteiger partial charge on any atom is 0.389 e. The van der Waals surface area contributed by atoms with Crippen molar-refractivity contribution in [3.63, 3.8) is 0 Å². The van der Waals surface area contributed by atoms with Gasteiger partial charge in [-0.2, -0.15) is 13.2 Å². The zero-order valence-corrected chi connectivity index (χ0v) is 19.2. The number of hydrogen-bond acceptors (Lipinski definition) is 6. The average molecular weight is 463 g/mol. The Labute approximate surface area is 185 Å². The summed E-state index contributed by atoms with van der Waals surface area (Å²) in [5, 5.41) is 6.55. The van der Waals surface area contributed by atoms with Crippen molar-refractivity contribution >= 4 is 17.7 Å². The fourth-order valence-electron chi connectivity index (χ4n) is 3.02. The highest BCUT2D eigenvalue weighted by atomic mass is 19.4. The van der Waals surface area contributed by atoms with Crippen LogP contribution in [0.2, 0.25) is 0 Å². The van der Waals surface area contributed by atoms with Crippen LogP contribution >= 0.6 is 0 Å². The van der Waals surface area contributed by atoms with E-state index in [-0.39, 0.29) is 12.2 Å². The van der Waals surface area contributed by atoms with Crippen LogP contribution < -0.4 is 5.32 Å². The van der Waals surface area contributed by atoms with Crippen LogP contribution in [0.25, 0.3) is 0 Å². The van der Waals surface area contributed by atoms with Gasteiger partial charge in [0.1, 0.15) is 5.54 Å². The van der Waals surface area contributed by atoms with E-state index in [0.717, 1.165) is 24.2 Å². The third kappa shape index (κ3) is 7.19. The Morgan fingerprint density at radius 1 is 1.25 bits per heavy atom. The maximum atomic E-state index is 12.7. The second-order valence-electron chi connectivity index (χ2n) is 9.15. The lowest BCUT2D eigenvalue weighted by atomic mass is 9.90. The van der Waals surface area contributed by atoms with Gasteiger partial charge in [0, 0.05) is 31.6 Å². The fraction of sp³-hybridized carbons (Fsp3) is 0.762. The summed E-state index contributed by atoms with van der Waals surface area (Å²) in [6, 6.07) is 1.56. The van der Waals surface area contributed by atoms with Gasteiger partial charge in [0.15, 0.2) is 6.29 Å². The number of carbonyl (C=O) groups is 2. The minimum Gasteiger partial charge on any atom is -0.353 e. The van der Waals surface area contributed by atoms with Crippen LogP contribution in [0, 0.1) is 0 Å². The number of rotatable bonds is 9. The minimum absolute atomic E-state index is 0.0659. The van der Waals surface area contributed by atoms with Gasteiger partial charge < -0.3 is 18.9 Å². The fourth-order valence-corrected chi connectivity index (χ4v) is 3.02. The van der Waals surface area contributed by atoms with E-state index in [4.69, 9.17) is 14.0 Å². The average Bonchev–Trinajstić information content (AvgIpc) is 3.19. The molecule has 0 bridgehead atoms. The van der Waals surface area contributed by atoms with E-state index in [0.29, 0.717) is 18.9 Å². The largest absolute Gasteiger partial charge is 0.389 e. The molecule has 1 aromatic rings. The molecule has 1 N–H and O–H groups in total. The van der Waals surface area contributed by atoms with Crippen LogP contribution in [-0.2, 0) is 24.5 Å². The van der Waals surface area contributed by atoms with Crippen LogP contribution in [0.1, 0.15) is 65.5 Å². The molecule has 0 aliphatic carbocycles. The van der Waals surface area contributed by atoms with E-state index in [2.05, 4.69) is 10.5 Å². The first-order valence-electron chi connectivity index (χ1n) is 10.6. The SMILES string of the molecule is CN(C(=O)CCC(F)(F)F)C(C)(C)C(=O)Nc1cc(C(C)(C)COC2CCCCO2)no1. The van der Waals surface area contributed by atoms with Gasteiger partial charge in [0.2, 0.25) is 11.8 Å². The Balaban J connectivity index is 1.95. The molecule has 0 spiro atoms. The molecule has 2 heterocycles. The molecular formula is C21H32F3N3O5. The lowest BCUT2D eigenvalue weighted by molar-refractivity contribution is -0.170. The summed E-state index contributed by atoms with van der Waals surface area (Å²) in [5.41, 5.74) is -1.38. The molecule has 11 heteroatoms. The van der Waals surface area contributed by atoms with Crippen LogP contribution in [0.15, 0.2) is 10.6 Å². The molecule has 1 atom stereocenters. The van der Waals surface area contributed by atoms with Gasteiger partial charge in [-0.3, -0.25) is 14.9 Å². The lowest BCUT2D eigenvalue weighted by Gasteiger charge is -2.34. The van der Waals surface area contributed by atoms with Crippen molar-refractivity contribution in [3.8, 4) is 0 Å². The maximum absolute atomic E-state index is 12.7. The molecule has 0 saturated carbocycles. The summed E-state index contributed by atoms with van der Waals surface area (Å²) in [4.78, 5) is 25.8. The van der Waals surface area contributed by atoms with Crippen molar-refractivity contribution in [2.75, 3.05) is 25.6 Å². The molecule has 8 nitrogen and oxygen atoms in total. The summed E-state index contributed by atoms with van der Waals surface area (Å²) < 4.78 is 53.8. The quantitative estimate of drug-likeness (QED) is 0.595. The highest BCUT2D eigenvalue weighted by Crippen LogP contribution is 2.28. The lowest BCUT2D eigenvalue weighted by Crippen LogP contribution is -2.53. The number of ether oxygens (including phenoxy) is 2. The predicted molar refractivity (Wildman–Crippen MR) is 110 cm³/mol. The molecule has 2 amide bonds. The van der Waals surface area contributed by atoms with Crippen LogP contribution in [0.4, 0.5) is 19.1 Å². The van der Waals surface area contributed by atoms with E-state index in [1.165, 1.54) is 20.9 Å². The Morgan fingerprint density at radius 3 is 2.53 bits per heavy atom. The first-order chi connectivity index (χ1) is 14.7. The molecule has 1 aliphatic rings. The third-order valence-electron chi connectivity index (χ3n) is 5.60. The van der Waals surface area contributed by atoms with Crippen LogP contribution in [0.3, 0.4) is 0 Å². The highest BCUT2D eigenvalue weighted by Gasteiger charge is 2.38. The van der Waals surface area contributed by atoms with Crippen molar-refractivity contribution < 1.29 is 36.8 Å². The number of likely N-dealkylation sites (N-methyl/N-ethyl adjacent to an activating group) is 1. The number of alkyl halides is 3. The summed E-state index contributed by atoms with van der Waals surface area (Å²) in [5.74, 6) is -1.34. The summed E-state index contributed by atoms with van der Waals surface area (Å²) >= 11 is 0. The van der Waals surface area contributed by atoms with Crippen molar-refractivity contribution in [3.05, 3.63) is 11.8 Å². The van der Waals surface area contributed by atoms with Gasteiger partial charge in [-0.1, -0.05) is 19.0 Å². The zero-order valence-electron chi connectivity index (χ0n) is 19.2. The van der Waals surface area contributed by atoms with E-state index in [1.54, 1.807) is 6.07 Å². The molecule has 1 aliphatic heterocycles. The van der Waals surface area contributed by atoms with Crippen molar-refractivity contribution in [1.29, 1.82) is 0 Å². The second-order valence-corrected chi connectivity index (χ2v) is 9.15. The molecule has 182 valence electrons. The van der Waals surface area contributed by atoms with Crippen molar-refractivity contribution in [1.82, 2.24) is 10.1 Å². The smallest absolute Gasteiger partial charge is 0.353 e. The summed E-state index contributed by atoms with van der Waals surface area (Å²) in [6.07, 6.45) is -3.77. The Bertz CT molecular complexity index is 786. The topological polar surface area (TPSA) is 93.9 Å². The molecule has 32 heavy (non-hydrogen) atoms. The molecule has 0 aromatic carbocycles. The standard InChI is InChI=1S/C21H32F3N3O5/c1-19(2,13-31-17-8-6-7-11-30-17)14-12-15(32-26-14)25-18(29)20(3,4)27(5)16(28)9-10-21(22,23)24/h12,17H,6-11,13H2,1-5H3,(H,25,29). The second kappa shape index (κ2) is 10.2. The first-order valence-corrected chi connectivity index (χ1v) is 10.6. The Kier molecular flexibility index (Phi) is 8.33. The number of nitrogens with zero attached hydrogens (tertiary/aromatic N) is 2. The summed E-state index contributed by atoms with van der Waals surface area (Å²) in [7, 11) is 1.29. The molecular weight excluding hydrogens is 431 g/mol. The van der Waals surface area contributed by atoms with E-state index < -0.39 is 41.8 Å².